The number of carbonyl (C=O) groups is 1. The van der Waals surface area contributed by atoms with Gasteiger partial charge in [0.05, 0.1) is 13.7 Å². The van der Waals surface area contributed by atoms with Gasteiger partial charge in [0.15, 0.2) is 0 Å². The number of aliphatic hydroxyl groups excluding tert-OH is 1. The standard InChI is InChI=1S/C21H26N2O3/c1-3-14-12-23-10-8-16-15-6-4-5-7-18(15)22-19(16)21(13-24,20(25)26-2)17(14)9-11-23/h3-7,17,22,24H,8-13H2,1-2H3/b14-3-/t17-,21-/m0/s1. The molecule has 0 spiro atoms. The van der Waals surface area contributed by atoms with Crippen molar-refractivity contribution < 1.29 is 14.6 Å². The van der Waals surface area contributed by atoms with Gasteiger partial charge in [-0.1, -0.05) is 29.8 Å². The van der Waals surface area contributed by atoms with Gasteiger partial charge in [-0.2, -0.15) is 0 Å². The summed E-state index contributed by atoms with van der Waals surface area (Å²) in [6.07, 6.45) is 3.80. The van der Waals surface area contributed by atoms with E-state index in [-0.39, 0.29) is 18.5 Å². The second kappa shape index (κ2) is 6.56. The third kappa shape index (κ3) is 2.34. The van der Waals surface area contributed by atoms with Crippen LogP contribution < -0.4 is 0 Å². The molecule has 3 aliphatic rings. The number of benzene rings is 1. The Balaban J connectivity index is 2.05. The molecule has 5 nitrogen and oxygen atoms in total. The van der Waals surface area contributed by atoms with Crippen LogP contribution in [0.3, 0.4) is 0 Å². The van der Waals surface area contributed by atoms with Gasteiger partial charge in [-0.15, -0.1) is 0 Å². The molecule has 3 aliphatic heterocycles. The van der Waals surface area contributed by atoms with E-state index in [1.807, 2.05) is 25.1 Å². The van der Waals surface area contributed by atoms with Crippen molar-refractivity contribution in [1.82, 2.24) is 9.88 Å². The van der Waals surface area contributed by atoms with Crippen molar-refractivity contribution in [3.63, 3.8) is 0 Å². The van der Waals surface area contributed by atoms with Crippen LogP contribution in [-0.4, -0.2) is 54.3 Å². The molecule has 5 rings (SSSR count). The van der Waals surface area contributed by atoms with Crippen molar-refractivity contribution in [3.8, 4) is 0 Å². The van der Waals surface area contributed by atoms with E-state index >= 15 is 0 Å². The zero-order valence-electron chi connectivity index (χ0n) is 15.4. The molecule has 1 unspecified atom stereocenters. The predicted octanol–water partition coefficient (Wildman–Crippen LogP) is 2.40. The number of ether oxygens (including phenoxy) is 1. The number of nitrogens with one attached hydrogen (secondary N) is 1. The quantitative estimate of drug-likeness (QED) is 0.642. The lowest BCUT2D eigenvalue weighted by molar-refractivity contribution is -0.152. The zero-order valence-corrected chi connectivity index (χ0v) is 15.4. The molecule has 3 atom stereocenters. The number of aliphatic hydroxyl groups is 1. The summed E-state index contributed by atoms with van der Waals surface area (Å²) in [5.74, 6) is -0.418. The van der Waals surface area contributed by atoms with E-state index in [0.29, 0.717) is 0 Å². The summed E-state index contributed by atoms with van der Waals surface area (Å²) in [6, 6.07) is 8.14. The fourth-order valence-corrected chi connectivity index (χ4v) is 4.96. The highest BCUT2D eigenvalue weighted by molar-refractivity contribution is 5.91. The molecule has 0 aliphatic carbocycles. The second-order valence-electron chi connectivity index (χ2n) is 7.38. The van der Waals surface area contributed by atoms with Crippen molar-refractivity contribution in [3.05, 3.63) is 47.2 Å². The Morgan fingerprint density at radius 3 is 2.96 bits per heavy atom. The molecule has 0 radical (unpaired) electrons. The van der Waals surface area contributed by atoms with E-state index in [4.69, 9.17) is 4.74 Å². The highest BCUT2D eigenvalue weighted by Crippen LogP contribution is 2.45. The molecule has 5 heteroatoms. The molecule has 0 amide bonds. The minimum Gasteiger partial charge on any atom is -0.468 e. The summed E-state index contributed by atoms with van der Waals surface area (Å²) in [5.41, 5.74) is 3.10. The topological polar surface area (TPSA) is 65.6 Å². The van der Waals surface area contributed by atoms with Crippen LogP contribution >= 0.6 is 0 Å². The second-order valence-corrected chi connectivity index (χ2v) is 7.38. The molecular weight excluding hydrogens is 328 g/mol. The Morgan fingerprint density at radius 1 is 1.42 bits per heavy atom. The highest BCUT2D eigenvalue weighted by Gasteiger charge is 2.53. The third-order valence-electron chi connectivity index (χ3n) is 6.29. The monoisotopic (exact) mass is 354 g/mol. The van der Waals surface area contributed by atoms with Gasteiger partial charge in [0.25, 0.3) is 0 Å². The molecule has 138 valence electrons. The van der Waals surface area contributed by atoms with Crippen molar-refractivity contribution in [2.75, 3.05) is 33.4 Å². The van der Waals surface area contributed by atoms with Gasteiger partial charge in [0, 0.05) is 35.6 Å². The number of esters is 1. The lowest BCUT2D eigenvalue weighted by Crippen LogP contribution is -2.52. The number of methoxy groups -OCH3 is 1. The van der Waals surface area contributed by atoms with E-state index in [1.54, 1.807) is 0 Å². The van der Waals surface area contributed by atoms with Gasteiger partial charge in [-0.05, 0) is 37.9 Å². The highest BCUT2D eigenvalue weighted by atomic mass is 16.5. The average Bonchev–Trinajstić information content (AvgIpc) is 3.09. The Kier molecular flexibility index (Phi) is 4.37. The Labute approximate surface area is 153 Å². The van der Waals surface area contributed by atoms with Gasteiger partial charge in [-0.3, -0.25) is 9.69 Å². The summed E-state index contributed by atoms with van der Waals surface area (Å²) in [5, 5.41) is 11.7. The molecular formula is C21H26N2O3. The van der Waals surface area contributed by atoms with Crippen LogP contribution in [0.25, 0.3) is 10.9 Å². The van der Waals surface area contributed by atoms with E-state index < -0.39 is 5.41 Å². The number of aromatic amines is 1. The first kappa shape index (κ1) is 17.3. The van der Waals surface area contributed by atoms with Crippen molar-refractivity contribution >= 4 is 16.9 Å². The van der Waals surface area contributed by atoms with E-state index in [2.05, 4.69) is 22.0 Å². The van der Waals surface area contributed by atoms with Crippen LogP contribution in [0, 0.1) is 5.92 Å². The fraction of sp³-hybridized carbons (Fsp3) is 0.476. The van der Waals surface area contributed by atoms with Gasteiger partial charge < -0.3 is 14.8 Å². The van der Waals surface area contributed by atoms with Crippen molar-refractivity contribution in [2.45, 2.75) is 25.2 Å². The summed E-state index contributed by atoms with van der Waals surface area (Å²) >= 11 is 0. The SMILES string of the molecule is C/C=C1/CN2CCc3c([nH]c4ccccc34)[C@@](CO)(C(=O)OC)[C@H]1CC2. The molecule has 2 bridgehead atoms. The lowest BCUT2D eigenvalue weighted by atomic mass is 9.66. The van der Waals surface area contributed by atoms with Crippen LogP contribution in [-0.2, 0) is 21.4 Å². The smallest absolute Gasteiger partial charge is 0.320 e. The van der Waals surface area contributed by atoms with Gasteiger partial charge >= 0.3 is 5.97 Å². The first-order chi connectivity index (χ1) is 12.7. The molecule has 1 aromatic heterocycles. The number of hydrogen-bond donors (Lipinski definition) is 2. The number of nitrogens with zero attached hydrogens (tertiary/aromatic N) is 1. The molecule has 1 saturated heterocycles. The summed E-state index contributed by atoms with van der Waals surface area (Å²) in [6.45, 7) is 4.49. The van der Waals surface area contributed by atoms with Crippen LogP contribution in [0.5, 0.6) is 0 Å². The van der Waals surface area contributed by atoms with Crippen LogP contribution in [0.15, 0.2) is 35.9 Å². The first-order valence-corrected chi connectivity index (χ1v) is 9.32. The summed E-state index contributed by atoms with van der Waals surface area (Å²) in [7, 11) is 1.42. The molecule has 26 heavy (non-hydrogen) atoms. The number of hydrogen-bond acceptors (Lipinski definition) is 4. The number of rotatable bonds is 2. The number of para-hydroxylation sites is 1. The van der Waals surface area contributed by atoms with Crippen molar-refractivity contribution in [2.24, 2.45) is 5.92 Å². The minimum atomic E-state index is -1.08. The molecule has 2 aromatic rings. The Morgan fingerprint density at radius 2 is 2.23 bits per heavy atom. The fourth-order valence-electron chi connectivity index (χ4n) is 4.96. The van der Waals surface area contributed by atoms with Crippen LogP contribution in [0.2, 0.25) is 0 Å². The normalized spacial score (nSPS) is 29.9. The molecule has 4 heterocycles. The minimum absolute atomic E-state index is 0.0638. The summed E-state index contributed by atoms with van der Waals surface area (Å²) in [4.78, 5) is 19.1. The molecule has 0 saturated carbocycles. The van der Waals surface area contributed by atoms with E-state index in [9.17, 15) is 9.90 Å². The number of piperidine rings is 1. The number of allylic oxidation sites excluding steroid dienone is 1. The third-order valence-corrected chi connectivity index (χ3v) is 6.29. The number of carbonyl (C=O) groups excluding carboxylic acids is 1. The number of aromatic nitrogens is 1. The maximum Gasteiger partial charge on any atom is 0.320 e. The predicted molar refractivity (Wildman–Crippen MR) is 101 cm³/mol. The first-order valence-electron chi connectivity index (χ1n) is 9.32. The lowest BCUT2D eigenvalue weighted by Gasteiger charge is -2.42. The Hall–Kier alpha value is -2.11. The number of fused-ring (bicyclic) bond motifs is 4. The average molecular weight is 354 g/mol. The zero-order chi connectivity index (χ0) is 18.3. The van der Waals surface area contributed by atoms with Gasteiger partial charge in [0.2, 0.25) is 0 Å². The van der Waals surface area contributed by atoms with Crippen molar-refractivity contribution in [1.29, 1.82) is 0 Å². The molecule has 2 N–H and O–H groups in total. The van der Waals surface area contributed by atoms with Gasteiger partial charge in [-0.25, -0.2) is 0 Å². The van der Waals surface area contributed by atoms with E-state index in [0.717, 1.165) is 54.6 Å². The van der Waals surface area contributed by atoms with Gasteiger partial charge in [0.1, 0.15) is 5.41 Å². The maximum atomic E-state index is 13.1. The molecule has 1 aromatic carbocycles. The summed E-state index contributed by atoms with van der Waals surface area (Å²) < 4.78 is 5.26. The number of H-pyrrole nitrogens is 1. The molecule has 1 fully saturated rings. The van der Waals surface area contributed by atoms with Crippen LogP contribution in [0.1, 0.15) is 24.6 Å². The maximum absolute atomic E-state index is 13.1. The van der Waals surface area contributed by atoms with E-state index in [1.165, 1.54) is 12.7 Å². The van der Waals surface area contributed by atoms with Crippen LogP contribution in [0.4, 0.5) is 0 Å². The Bertz CT molecular complexity index is 869. The largest absolute Gasteiger partial charge is 0.468 e.